The Morgan fingerprint density at radius 2 is 1.78 bits per heavy atom. The van der Waals surface area contributed by atoms with Gasteiger partial charge in [0.05, 0.1) is 10.6 Å². The van der Waals surface area contributed by atoms with Crippen LogP contribution in [0, 0.1) is 20.8 Å². The van der Waals surface area contributed by atoms with Gasteiger partial charge in [0.1, 0.15) is 18.1 Å². The summed E-state index contributed by atoms with van der Waals surface area (Å²) in [7, 11) is 1.71. The summed E-state index contributed by atoms with van der Waals surface area (Å²) in [6.07, 6.45) is 0. The summed E-state index contributed by atoms with van der Waals surface area (Å²) in [6, 6.07) is 9.61. The summed E-state index contributed by atoms with van der Waals surface area (Å²) in [4.78, 5) is 0. The van der Waals surface area contributed by atoms with Crippen LogP contribution < -0.4 is 14.8 Å². The Bertz CT molecular complexity index is 731. The van der Waals surface area contributed by atoms with Crippen LogP contribution in [0.1, 0.15) is 22.3 Å². The maximum absolute atomic E-state index is 6.29. The van der Waals surface area contributed by atoms with Gasteiger partial charge in [0, 0.05) is 7.05 Å². The molecule has 122 valence electrons. The minimum Gasteiger partial charge on any atom is -0.488 e. The number of hydrogen-bond donors (Lipinski definition) is 1. The second-order valence-corrected chi connectivity index (χ2v) is 6.12. The molecule has 0 saturated heterocycles. The highest BCUT2D eigenvalue weighted by atomic mass is 35.5. The van der Waals surface area contributed by atoms with E-state index < -0.39 is 0 Å². The molecule has 2 aromatic rings. The van der Waals surface area contributed by atoms with Crippen molar-refractivity contribution in [3.63, 3.8) is 0 Å². The molecule has 3 nitrogen and oxygen atoms in total. The molecular weight excluding hydrogens is 330 g/mol. The van der Waals surface area contributed by atoms with Crippen molar-refractivity contribution in [3.05, 3.63) is 57.6 Å². The van der Waals surface area contributed by atoms with Gasteiger partial charge in [-0.2, -0.15) is 0 Å². The molecule has 0 aliphatic carbocycles. The maximum atomic E-state index is 6.29. The molecule has 0 aliphatic heterocycles. The first kappa shape index (κ1) is 17.6. The molecule has 5 heteroatoms. The monoisotopic (exact) mass is 349 g/mol. The number of aryl methyl sites for hydroxylation is 3. The molecule has 2 aromatic carbocycles. The van der Waals surface area contributed by atoms with Crippen molar-refractivity contribution in [2.45, 2.75) is 27.4 Å². The Hall–Kier alpha value is -1.78. The number of thiocarbonyl (C=S) groups is 1. The number of ether oxygens (including phenoxy) is 2. The number of rotatable bonds is 4. The number of halogens is 1. The Balaban J connectivity index is 2.23. The standard InChI is InChI=1S/C18H20ClNO2S/c1-11-8-13(3)17(9-12(11)2)21-10-14-15(19)6-5-7-16(14)22-18(23)20-4/h5-9H,10H2,1-4H3,(H,20,23). The van der Waals surface area contributed by atoms with Gasteiger partial charge in [-0.1, -0.05) is 23.7 Å². The fraction of sp³-hybridized carbons (Fsp3) is 0.278. The predicted octanol–water partition coefficient (Wildman–Crippen LogP) is 4.73. The molecule has 0 fully saturated rings. The Morgan fingerprint density at radius 3 is 2.48 bits per heavy atom. The molecule has 0 heterocycles. The second kappa shape index (κ2) is 7.66. The van der Waals surface area contributed by atoms with Crippen LogP contribution in [0.5, 0.6) is 11.5 Å². The number of nitrogens with one attached hydrogen (secondary N) is 1. The zero-order valence-electron chi connectivity index (χ0n) is 13.7. The van der Waals surface area contributed by atoms with E-state index in [2.05, 4.69) is 25.2 Å². The summed E-state index contributed by atoms with van der Waals surface area (Å²) >= 11 is 11.3. The quantitative estimate of drug-likeness (QED) is 0.808. The molecule has 23 heavy (non-hydrogen) atoms. The third kappa shape index (κ3) is 4.36. The highest BCUT2D eigenvalue weighted by molar-refractivity contribution is 7.80. The first-order valence-electron chi connectivity index (χ1n) is 7.30. The third-order valence-corrected chi connectivity index (χ3v) is 4.29. The van der Waals surface area contributed by atoms with Gasteiger partial charge in [-0.05, 0) is 67.9 Å². The summed E-state index contributed by atoms with van der Waals surface area (Å²) in [5.74, 6) is 1.44. The van der Waals surface area contributed by atoms with E-state index in [1.165, 1.54) is 11.1 Å². The number of hydrogen-bond acceptors (Lipinski definition) is 3. The first-order valence-corrected chi connectivity index (χ1v) is 8.08. The summed E-state index contributed by atoms with van der Waals surface area (Å²) < 4.78 is 11.6. The summed E-state index contributed by atoms with van der Waals surface area (Å²) in [5, 5.41) is 3.66. The fourth-order valence-corrected chi connectivity index (χ4v) is 2.48. The topological polar surface area (TPSA) is 30.5 Å². The molecule has 0 bridgehead atoms. The van der Waals surface area contributed by atoms with E-state index in [-0.39, 0.29) is 5.17 Å². The second-order valence-electron chi connectivity index (χ2n) is 5.35. The Kier molecular flexibility index (Phi) is 5.85. The van der Waals surface area contributed by atoms with Gasteiger partial charge in [0.15, 0.2) is 0 Å². The average molecular weight is 350 g/mol. The van der Waals surface area contributed by atoms with Crippen LogP contribution in [0.25, 0.3) is 0 Å². The first-order chi connectivity index (χ1) is 10.9. The van der Waals surface area contributed by atoms with Gasteiger partial charge in [-0.3, -0.25) is 0 Å². The van der Waals surface area contributed by atoms with Gasteiger partial charge in [-0.15, -0.1) is 0 Å². The van der Waals surface area contributed by atoms with Gasteiger partial charge in [0.2, 0.25) is 0 Å². The van der Waals surface area contributed by atoms with Crippen LogP contribution in [0.3, 0.4) is 0 Å². The van der Waals surface area contributed by atoms with Crippen LogP contribution in [-0.2, 0) is 6.61 Å². The Labute approximate surface area is 147 Å². The molecule has 2 rings (SSSR count). The lowest BCUT2D eigenvalue weighted by molar-refractivity contribution is 0.299. The smallest absolute Gasteiger partial charge is 0.261 e. The SMILES string of the molecule is CNC(=S)Oc1cccc(Cl)c1COc1cc(C)c(C)cc1C. The van der Waals surface area contributed by atoms with Gasteiger partial charge >= 0.3 is 0 Å². The van der Waals surface area contributed by atoms with Crippen molar-refractivity contribution in [3.8, 4) is 11.5 Å². The molecule has 0 atom stereocenters. The minimum absolute atomic E-state index is 0.288. The van der Waals surface area contributed by atoms with Crippen LogP contribution >= 0.6 is 23.8 Å². The van der Waals surface area contributed by atoms with E-state index in [1.807, 2.05) is 31.2 Å². The van der Waals surface area contributed by atoms with Crippen LogP contribution in [0.2, 0.25) is 5.02 Å². The molecule has 0 unspecified atom stereocenters. The molecular formula is C18H20ClNO2S. The van der Waals surface area contributed by atoms with Crippen LogP contribution in [-0.4, -0.2) is 12.2 Å². The largest absolute Gasteiger partial charge is 0.488 e. The number of benzene rings is 2. The summed E-state index contributed by atoms with van der Waals surface area (Å²) in [5.41, 5.74) is 4.30. The van der Waals surface area contributed by atoms with Crippen LogP contribution in [0.4, 0.5) is 0 Å². The maximum Gasteiger partial charge on any atom is 0.261 e. The normalized spacial score (nSPS) is 10.3. The summed E-state index contributed by atoms with van der Waals surface area (Å²) in [6.45, 7) is 6.49. The van der Waals surface area contributed by atoms with Crippen molar-refractivity contribution in [2.24, 2.45) is 0 Å². The Morgan fingerprint density at radius 1 is 1.09 bits per heavy atom. The van der Waals surface area contributed by atoms with E-state index >= 15 is 0 Å². The third-order valence-electron chi connectivity index (χ3n) is 3.65. The molecule has 0 aromatic heterocycles. The van der Waals surface area contributed by atoms with Crippen molar-refractivity contribution in [1.29, 1.82) is 0 Å². The average Bonchev–Trinajstić information content (AvgIpc) is 2.51. The molecule has 1 N–H and O–H groups in total. The highest BCUT2D eigenvalue weighted by Crippen LogP contribution is 2.29. The van der Waals surface area contributed by atoms with Gasteiger partial charge in [0.25, 0.3) is 5.17 Å². The lowest BCUT2D eigenvalue weighted by Gasteiger charge is -2.15. The van der Waals surface area contributed by atoms with Crippen molar-refractivity contribution in [2.75, 3.05) is 7.05 Å². The molecule has 0 spiro atoms. The highest BCUT2D eigenvalue weighted by Gasteiger charge is 2.12. The van der Waals surface area contributed by atoms with E-state index in [1.54, 1.807) is 7.05 Å². The van der Waals surface area contributed by atoms with E-state index in [4.69, 9.17) is 33.3 Å². The van der Waals surface area contributed by atoms with Crippen molar-refractivity contribution < 1.29 is 9.47 Å². The van der Waals surface area contributed by atoms with Gasteiger partial charge in [-0.25, -0.2) is 0 Å². The van der Waals surface area contributed by atoms with E-state index in [0.717, 1.165) is 16.9 Å². The zero-order valence-corrected chi connectivity index (χ0v) is 15.3. The van der Waals surface area contributed by atoms with E-state index in [9.17, 15) is 0 Å². The molecule has 0 radical (unpaired) electrons. The lowest BCUT2D eigenvalue weighted by Crippen LogP contribution is -2.22. The fourth-order valence-electron chi connectivity index (χ4n) is 2.16. The van der Waals surface area contributed by atoms with E-state index in [0.29, 0.717) is 17.4 Å². The predicted molar refractivity (Wildman–Crippen MR) is 98.7 cm³/mol. The molecule has 0 saturated carbocycles. The van der Waals surface area contributed by atoms with Crippen molar-refractivity contribution >= 4 is 29.0 Å². The molecule has 0 aliphatic rings. The molecule has 0 amide bonds. The van der Waals surface area contributed by atoms with Crippen molar-refractivity contribution in [1.82, 2.24) is 5.32 Å². The van der Waals surface area contributed by atoms with Gasteiger partial charge < -0.3 is 14.8 Å². The lowest BCUT2D eigenvalue weighted by atomic mass is 10.1. The minimum atomic E-state index is 0.288. The van der Waals surface area contributed by atoms with Crippen LogP contribution in [0.15, 0.2) is 30.3 Å². The zero-order chi connectivity index (χ0) is 17.0.